The number of halogens is 2. The zero-order chi connectivity index (χ0) is 15.2. The van der Waals surface area contributed by atoms with E-state index in [1.807, 2.05) is 0 Å². The van der Waals surface area contributed by atoms with Crippen LogP contribution in [0, 0.1) is 5.82 Å². The minimum absolute atomic E-state index is 0.310. The van der Waals surface area contributed by atoms with E-state index in [1.165, 1.54) is 17.8 Å². The van der Waals surface area contributed by atoms with Crippen molar-refractivity contribution in [1.29, 1.82) is 0 Å². The fraction of sp³-hybridized carbons (Fsp3) is 0.462. The van der Waals surface area contributed by atoms with Crippen LogP contribution in [0.3, 0.4) is 0 Å². The molecule has 0 aliphatic heterocycles. The smallest absolute Gasteiger partial charge is 0.209 e. The Hall–Kier alpha value is -1.18. The van der Waals surface area contributed by atoms with Gasteiger partial charge in [0.2, 0.25) is 5.16 Å². The maximum absolute atomic E-state index is 13.7. The van der Waals surface area contributed by atoms with Crippen LogP contribution in [-0.2, 0) is 12.3 Å². The largest absolute Gasteiger partial charge is 0.313 e. The van der Waals surface area contributed by atoms with Crippen molar-refractivity contribution in [2.24, 2.45) is 0 Å². The normalized spacial score (nSPS) is 11.3. The van der Waals surface area contributed by atoms with Gasteiger partial charge in [-0.25, -0.2) is 9.07 Å². The number of thioether (sulfide) groups is 1. The van der Waals surface area contributed by atoms with Crippen molar-refractivity contribution in [3.63, 3.8) is 0 Å². The van der Waals surface area contributed by atoms with Gasteiger partial charge < -0.3 is 5.32 Å². The first-order valence-corrected chi connectivity index (χ1v) is 7.99. The van der Waals surface area contributed by atoms with E-state index in [-0.39, 0.29) is 5.82 Å². The molecule has 0 unspecified atom stereocenters. The average Bonchev–Trinajstić information content (AvgIpc) is 2.85. The molecule has 114 valence electrons. The summed E-state index contributed by atoms with van der Waals surface area (Å²) in [4.78, 5) is 0. The fourth-order valence-electron chi connectivity index (χ4n) is 1.71. The molecule has 0 fully saturated rings. The van der Waals surface area contributed by atoms with Crippen molar-refractivity contribution in [3.8, 4) is 0 Å². The Morgan fingerprint density at radius 3 is 2.95 bits per heavy atom. The number of nitrogens with one attached hydrogen (secondary N) is 1. The zero-order valence-electron chi connectivity index (χ0n) is 11.9. The number of benzene rings is 1. The first-order valence-electron chi connectivity index (χ1n) is 6.63. The molecule has 0 spiro atoms. The second kappa shape index (κ2) is 7.72. The Kier molecular flexibility index (Phi) is 5.96. The molecule has 21 heavy (non-hydrogen) atoms. The Morgan fingerprint density at radius 1 is 1.43 bits per heavy atom. The van der Waals surface area contributed by atoms with Crippen LogP contribution in [0.5, 0.6) is 0 Å². The van der Waals surface area contributed by atoms with Gasteiger partial charge in [0.1, 0.15) is 5.82 Å². The van der Waals surface area contributed by atoms with Crippen molar-refractivity contribution >= 4 is 23.4 Å². The predicted molar refractivity (Wildman–Crippen MR) is 81.9 cm³/mol. The van der Waals surface area contributed by atoms with E-state index in [2.05, 4.69) is 34.7 Å². The lowest BCUT2D eigenvalue weighted by Gasteiger charge is -2.09. The highest BCUT2D eigenvalue weighted by atomic mass is 35.5. The summed E-state index contributed by atoms with van der Waals surface area (Å²) in [6.07, 6.45) is 0. The standard InChI is InChI=1S/C13H17ClFN5S/c1-9(2)16-6-7-20-13(17-18-19-20)21-8-10-11(14)4-3-5-12(10)15/h3-5,9,16H,6-8H2,1-2H3. The number of tetrazole rings is 1. The van der Waals surface area contributed by atoms with Gasteiger partial charge in [0, 0.05) is 28.9 Å². The van der Waals surface area contributed by atoms with E-state index in [9.17, 15) is 4.39 Å². The highest BCUT2D eigenvalue weighted by Gasteiger charge is 2.11. The summed E-state index contributed by atoms with van der Waals surface area (Å²) < 4.78 is 15.4. The van der Waals surface area contributed by atoms with Crippen molar-refractivity contribution in [2.75, 3.05) is 6.54 Å². The van der Waals surface area contributed by atoms with Crippen LogP contribution in [0.4, 0.5) is 4.39 Å². The Labute approximate surface area is 132 Å². The summed E-state index contributed by atoms with van der Waals surface area (Å²) in [5, 5.41) is 15.9. The van der Waals surface area contributed by atoms with Gasteiger partial charge in [-0.05, 0) is 22.6 Å². The minimum Gasteiger partial charge on any atom is -0.313 e. The van der Waals surface area contributed by atoms with Gasteiger partial charge in [0.25, 0.3) is 0 Å². The summed E-state index contributed by atoms with van der Waals surface area (Å²) in [6, 6.07) is 5.08. The van der Waals surface area contributed by atoms with E-state index in [4.69, 9.17) is 11.6 Å². The third kappa shape index (κ3) is 4.66. The van der Waals surface area contributed by atoms with Crippen molar-refractivity contribution in [2.45, 2.75) is 37.3 Å². The Morgan fingerprint density at radius 2 is 2.24 bits per heavy atom. The molecule has 1 aromatic carbocycles. The highest BCUT2D eigenvalue weighted by molar-refractivity contribution is 7.98. The molecule has 1 N–H and O–H groups in total. The van der Waals surface area contributed by atoms with Crippen molar-refractivity contribution in [1.82, 2.24) is 25.5 Å². The molecular weight excluding hydrogens is 313 g/mol. The summed E-state index contributed by atoms with van der Waals surface area (Å²) in [5.74, 6) is 0.0826. The van der Waals surface area contributed by atoms with Crippen LogP contribution in [0.2, 0.25) is 5.02 Å². The molecule has 2 aromatic rings. The third-order valence-corrected chi connectivity index (χ3v) is 4.12. The third-order valence-electron chi connectivity index (χ3n) is 2.78. The molecule has 0 saturated heterocycles. The van der Waals surface area contributed by atoms with E-state index in [0.29, 0.717) is 34.1 Å². The first kappa shape index (κ1) is 16.2. The quantitative estimate of drug-likeness (QED) is 0.792. The van der Waals surface area contributed by atoms with Crippen LogP contribution >= 0.6 is 23.4 Å². The van der Waals surface area contributed by atoms with Crippen LogP contribution in [0.25, 0.3) is 0 Å². The van der Waals surface area contributed by atoms with Crippen LogP contribution in [0.1, 0.15) is 19.4 Å². The predicted octanol–water partition coefficient (Wildman–Crippen LogP) is 2.76. The SMILES string of the molecule is CC(C)NCCn1nnnc1SCc1c(F)cccc1Cl. The summed E-state index contributed by atoms with van der Waals surface area (Å²) in [5.41, 5.74) is 0.471. The molecule has 5 nitrogen and oxygen atoms in total. The fourth-order valence-corrected chi connectivity index (χ4v) is 2.95. The number of aromatic nitrogens is 4. The zero-order valence-corrected chi connectivity index (χ0v) is 13.5. The minimum atomic E-state index is -0.310. The highest BCUT2D eigenvalue weighted by Crippen LogP contribution is 2.26. The van der Waals surface area contributed by atoms with Crippen molar-refractivity contribution < 1.29 is 4.39 Å². The van der Waals surface area contributed by atoms with E-state index in [1.54, 1.807) is 16.8 Å². The lowest BCUT2D eigenvalue weighted by Crippen LogP contribution is -2.27. The molecule has 0 aliphatic carbocycles. The van der Waals surface area contributed by atoms with E-state index < -0.39 is 0 Å². The first-order chi connectivity index (χ1) is 10.1. The summed E-state index contributed by atoms with van der Waals surface area (Å²) >= 11 is 7.37. The summed E-state index contributed by atoms with van der Waals surface area (Å²) in [7, 11) is 0. The molecule has 0 bridgehead atoms. The van der Waals surface area contributed by atoms with Crippen LogP contribution < -0.4 is 5.32 Å². The van der Waals surface area contributed by atoms with Gasteiger partial charge >= 0.3 is 0 Å². The molecule has 0 saturated carbocycles. The maximum atomic E-state index is 13.7. The van der Waals surface area contributed by atoms with Gasteiger partial charge in [-0.3, -0.25) is 0 Å². The molecule has 0 amide bonds. The van der Waals surface area contributed by atoms with Gasteiger partial charge in [-0.2, -0.15) is 0 Å². The van der Waals surface area contributed by atoms with E-state index in [0.717, 1.165) is 6.54 Å². The number of rotatable bonds is 7. The molecule has 0 radical (unpaired) electrons. The van der Waals surface area contributed by atoms with Crippen molar-refractivity contribution in [3.05, 3.63) is 34.6 Å². The number of hydrogen-bond acceptors (Lipinski definition) is 5. The maximum Gasteiger partial charge on any atom is 0.209 e. The number of nitrogens with zero attached hydrogens (tertiary/aromatic N) is 4. The molecule has 0 aliphatic rings. The molecule has 0 atom stereocenters. The lowest BCUT2D eigenvalue weighted by atomic mass is 10.2. The van der Waals surface area contributed by atoms with Gasteiger partial charge in [-0.15, -0.1) is 5.10 Å². The average molecular weight is 330 g/mol. The summed E-state index contributed by atoms with van der Waals surface area (Å²) in [6.45, 7) is 5.60. The Bertz CT molecular complexity index is 569. The second-order valence-corrected chi connectivity index (χ2v) is 6.13. The molecule has 1 heterocycles. The van der Waals surface area contributed by atoms with Crippen LogP contribution in [-0.4, -0.2) is 32.8 Å². The van der Waals surface area contributed by atoms with E-state index >= 15 is 0 Å². The molecule has 1 aromatic heterocycles. The monoisotopic (exact) mass is 329 g/mol. The van der Waals surface area contributed by atoms with Gasteiger partial charge in [-0.1, -0.05) is 43.3 Å². The lowest BCUT2D eigenvalue weighted by molar-refractivity contribution is 0.485. The van der Waals surface area contributed by atoms with Gasteiger partial charge in [0.15, 0.2) is 0 Å². The molecule has 2 rings (SSSR count). The second-order valence-electron chi connectivity index (χ2n) is 4.78. The Balaban J connectivity index is 1.96. The van der Waals surface area contributed by atoms with Crippen LogP contribution in [0.15, 0.2) is 23.4 Å². The topological polar surface area (TPSA) is 55.6 Å². The number of hydrogen-bond donors (Lipinski definition) is 1. The van der Waals surface area contributed by atoms with Gasteiger partial charge in [0.05, 0.1) is 6.54 Å². The molecule has 8 heteroatoms. The molecular formula is C13H17ClFN5S.